The molecular weight excluding hydrogens is 327 g/mol. The summed E-state index contributed by atoms with van der Waals surface area (Å²) in [4.78, 5) is 6.88. The van der Waals surface area contributed by atoms with Gasteiger partial charge in [-0.15, -0.1) is 0 Å². The molecule has 0 bridgehead atoms. The molecule has 0 atom stereocenters. The number of hydrogen-bond acceptors (Lipinski definition) is 3. The number of aryl methyl sites for hydroxylation is 1. The van der Waals surface area contributed by atoms with Crippen molar-refractivity contribution < 1.29 is 4.39 Å². The third kappa shape index (κ3) is 4.17. The van der Waals surface area contributed by atoms with E-state index in [0.29, 0.717) is 0 Å². The van der Waals surface area contributed by atoms with Crippen LogP contribution < -0.4 is 0 Å². The summed E-state index contributed by atoms with van der Waals surface area (Å²) in [5.41, 5.74) is 5.33. The van der Waals surface area contributed by atoms with E-state index in [9.17, 15) is 4.39 Å². The molecule has 1 aliphatic rings. The molecule has 0 saturated heterocycles. The van der Waals surface area contributed by atoms with E-state index < -0.39 is 0 Å². The van der Waals surface area contributed by atoms with Crippen LogP contribution in [0.5, 0.6) is 0 Å². The number of aromatic nitrogens is 3. The molecule has 1 fully saturated rings. The van der Waals surface area contributed by atoms with E-state index in [0.717, 1.165) is 48.1 Å². The Morgan fingerprint density at radius 3 is 2.58 bits per heavy atom. The Labute approximate surface area is 153 Å². The molecule has 1 saturated carbocycles. The normalized spacial score (nSPS) is 14.1. The molecule has 1 aliphatic carbocycles. The third-order valence-electron chi connectivity index (χ3n) is 4.84. The van der Waals surface area contributed by atoms with Crippen molar-refractivity contribution in [2.75, 3.05) is 6.54 Å². The first kappa shape index (κ1) is 16.9. The van der Waals surface area contributed by atoms with E-state index in [1.165, 1.54) is 30.5 Å². The van der Waals surface area contributed by atoms with Crippen molar-refractivity contribution in [3.8, 4) is 11.3 Å². The predicted molar refractivity (Wildman–Crippen MR) is 99.8 cm³/mol. The molecule has 1 aromatic carbocycles. The molecule has 0 radical (unpaired) electrons. The fourth-order valence-corrected chi connectivity index (χ4v) is 3.24. The van der Waals surface area contributed by atoms with Gasteiger partial charge in [0.2, 0.25) is 0 Å². The molecule has 0 amide bonds. The number of halogens is 1. The number of nitrogens with one attached hydrogen (secondary N) is 1. The third-order valence-corrected chi connectivity index (χ3v) is 4.84. The lowest BCUT2D eigenvalue weighted by Crippen LogP contribution is -2.25. The number of rotatable bonds is 7. The molecule has 26 heavy (non-hydrogen) atoms. The Bertz CT molecular complexity index is 850. The average molecular weight is 350 g/mol. The van der Waals surface area contributed by atoms with Gasteiger partial charge < -0.3 is 0 Å². The molecule has 134 valence electrons. The summed E-state index contributed by atoms with van der Waals surface area (Å²) in [6.07, 6.45) is 6.48. The highest BCUT2D eigenvalue weighted by Gasteiger charge is 2.25. The highest BCUT2D eigenvalue weighted by Crippen LogP contribution is 2.31. The maximum atomic E-state index is 13.2. The van der Waals surface area contributed by atoms with Crippen molar-refractivity contribution in [2.24, 2.45) is 5.92 Å². The molecular formula is C21H23FN4. The minimum atomic E-state index is -0.225. The molecule has 0 spiro atoms. The lowest BCUT2D eigenvalue weighted by atomic mass is 10.1. The van der Waals surface area contributed by atoms with Crippen LogP contribution in [0.1, 0.15) is 29.7 Å². The summed E-state index contributed by atoms with van der Waals surface area (Å²) >= 11 is 0. The van der Waals surface area contributed by atoms with Gasteiger partial charge in [-0.25, -0.2) is 4.39 Å². The highest BCUT2D eigenvalue weighted by molar-refractivity contribution is 5.62. The highest BCUT2D eigenvalue weighted by atomic mass is 19.1. The van der Waals surface area contributed by atoms with Crippen LogP contribution in [0.3, 0.4) is 0 Å². The number of H-pyrrole nitrogens is 1. The quantitative estimate of drug-likeness (QED) is 0.690. The summed E-state index contributed by atoms with van der Waals surface area (Å²) in [5.74, 6) is 0.576. The van der Waals surface area contributed by atoms with Crippen molar-refractivity contribution >= 4 is 0 Å². The van der Waals surface area contributed by atoms with Crippen molar-refractivity contribution in [1.29, 1.82) is 0 Å². The van der Waals surface area contributed by atoms with Gasteiger partial charge in [0.05, 0.1) is 11.9 Å². The second-order valence-electron chi connectivity index (χ2n) is 7.20. The second kappa shape index (κ2) is 7.38. The lowest BCUT2D eigenvalue weighted by Gasteiger charge is -2.22. The molecule has 1 N–H and O–H groups in total. The van der Waals surface area contributed by atoms with Crippen LogP contribution >= 0.6 is 0 Å². The van der Waals surface area contributed by atoms with Crippen LogP contribution in [0, 0.1) is 18.7 Å². The van der Waals surface area contributed by atoms with Crippen LogP contribution in [-0.4, -0.2) is 26.6 Å². The van der Waals surface area contributed by atoms with E-state index in [2.05, 4.69) is 32.2 Å². The number of hydrogen-bond donors (Lipinski definition) is 1. The molecule has 0 aliphatic heterocycles. The van der Waals surface area contributed by atoms with Gasteiger partial charge >= 0.3 is 0 Å². The SMILES string of the molecule is Cc1ccc(CN(Cc2cn[nH]c2-c2ccc(F)cc2)CC2CC2)cn1. The molecule has 5 heteroatoms. The van der Waals surface area contributed by atoms with E-state index in [4.69, 9.17) is 0 Å². The summed E-state index contributed by atoms with van der Waals surface area (Å²) in [6, 6.07) is 10.8. The van der Waals surface area contributed by atoms with Crippen molar-refractivity contribution in [2.45, 2.75) is 32.9 Å². The Morgan fingerprint density at radius 1 is 1.08 bits per heavy atom. The molecule has 0 unspecified atom stereocenters. The first-order chi connectivity index (χ1) is 12.7. The maximum absolute atomic E-state index is 13.2. The first-order valence-electron chi connectivity index (χ1n) is 9.09. The van der Waals surface area contributed by atoms with E-state index >= 15 is 0 Å². The van der Waals surface area contributed by atoms with Crippen LogP contribution in [-0.2, 0) is 13.1 Å². The summed E-state index contributed by atoms with van der Waals surface area (Å²) in [7, 11) is 0. The number of benzene rings is 1. The van der Waals surface area contributed by atoms with E-state index in [1.54, 1.807) is 12.1 Å². The van der Waals surface area contributed by atoms with Crippen LogP contribution in [0.15, 0.2) is 48.8 Å². The van der Waals surface area contributed by atoms with Gasteiger partial charge in [-0.05, 0) is 61.6 Å². The zero-order chi connectivity index (χ0) is 17.9. The zero-order valence-electron chi connectivity index (χ0n) is 15.0. The largest absolute Gasteiger partial charge is 0.294 e. The van der Waals surface area contributed by atoms with E-state index in [-0.39, 0.29) is 5.82 Å². The number of nitrogens with zero attached hydrogens (tertiary/aromatic N) is 3. The van der Waals surface area contributed by atoms with Gasteiger partial charge in [-0.1, -0.05) is 6.07 Å². The smallest absolute Gasteiger partial charge is 0.123 e. The number of pyridine rings is 1. The lowest BCUT2D eigenvalue weighted by molar-refractivity contribution is 0.246. The van der Waals surface area contributed by atoms with Crippen LogP contribution in [0.2, 0.25) is 0 Å². The van der Waals surface area contributed by atoms with Gasteiger partial charge in [0.15, 0.2) is 0 Å². The molecule has 4 nitrogen and oxygen atoms in total. The first-order valence-corrected chi connectivity index (χ1v) is 9.09. The molecule has 2 heterocycles. The zero-order valence-corrected chi connectivity index (χ0v) is 15.0. The summed E-state index contributed by atoms with van der Waals surface area (Å²) in [6.45, 7) is 4.78. The topological polar surface area (TPSA) is 44.8 Å². The van der Waals surface area contributed by atoms with Crippen molar-refractivity contribution in [3.05, 3.63) is 71.4 Å². The number of aromatic amines is 1. The average Bonchev–Trinajstić information content (AvgIpc) is 3.33. The summed E-state index contributed by atoms with van der Waals surface area (Å²) < 4.78 is 13.2. The maximum Gasteiger partial charge on any atom is 0.123 e. The molecule has 2 aromatic heterocycles. The molecule has 3 aromatic rings. The standard InChI is InChI=1S/C21H23FN4/c1-15-2-3-17(10-23-15)13-26(12-16-4-5-16)14-19-11-24-25-21(19)18-6-8-20(22)9-7-18/h2-3,6-11,16H,4-5,12-14H2,1H3,(H,24,25). The van der Waals surface area contributed by atoms with Crippen LogP contribution in [0.4, 0.5) is 4.39 Å². The predicted octanol–water partition coefficient (Wildman–Crippen LogP) is 4.33. The van der Waals surface area contributed by atoms with Gasteiger partial charge in [0.1, 0.15) is 5.82 Å². The Hall–Kier alpha value is -2.53. The Balaban J connectivity index is 1.53. The monoisotopic (exact) mass is 350 g/mol. The second-order valence-corrected chi connectivity index (χ2v) is 7.20. The summed E-state index contributed by atoms with van der Waals surface area (Å²) in [5, 5.41) is 7.31. The van der Waals surface area contributed by atoms with Crippen molar-refractivity contribution in [1.82, 2.24) is 20.1 Å². The van der Waals surface area contributed by atoms with Crippen molar-refractivity contribution in [3.63, 3.8) is 0 Å². The minimum Gasteiger partial charge on any atom is -0.294 e. The van der Waals surface area contributed by atoms with Gasteiger partial charge in [0.25, 0.3) is 0 Å². The fraction of sp³-hybridized carbons (Fsp3) is 0.333. The Morgan fingerprint density at radius 2 is 1.88 bits per heavy atom. The van der Waals surface area contributed by atoms with Gasteiger partial charge in [0, 0.05) is 42.7 Å². The van der Waals surface area contributed by atoms with E-state index in [1.807, 2.05) is 19.3 Å². The van der Waals surface area contributed by atoms with Gasteiger partial charge in [-0.2, -0.15) is 5.10 Å². The van der Waals surface area contributed by atoms with Crippen LogP contribution in [0.25, 0.3) is 11.3 Å². The fourth-order valence-electron chi connectivity index (χ4n) is 3.24. The molecule has 4 rings (SSSR count). The Kier molecular flexibility index (Phi) is 4.80. The van der Waals surface area contributed by atoms with Gasteiger partial charge in [-0.3, -0.25) is 15.0 Å². The minimum absolute atomic E-state index is 0.225.